The summed E-state index contributed by atoms with van der Waals surface area (Å²) >= 11 is 0. The smallest absolute Gasteiger partial charge is 0.0468 e. The summed E-state index contributed by atoms with van der Waals surface area (Å²) in [5, 5.41) is 5.16. The van der Waals surface area contributed by atoms with Gasteiger partial charge < -0.3 is 4.90 Å². The van der Waals surface area contributed by atoms with Gasteiger partial charge in [-0.1, -0.05) is 30.3 Å². The maximum atomic E-state index is 2.43. The van der Waals surface area contributed by atoms with Crippen molar-refractivity contribution in [3.63, 3.8) is 0 Å². The van der Waals surface area contributed by atoms with E-state index in [2.05, 4.69) is 137 Å². The van der Waals surface area contributed by atoms with Gasteiger partial charge in [0, 0.05) is 17.1 Å². The number of nitrogens with zero attached hydrogens (tertiary/aromatic N) is 1. The molecular weight excluding hydrogens is 470 g/mol. The van der Waals surface area contributed by atoms with Gasteiger partial charge >= 0.3 is 0 Å². The van der Waals surface area contributed by atoms with Crippen LogP contribution in [0.4, 0.5) is 17.1 Å². The highest BCUT2D eigenvalue weighted by molar-refractivity contribution is 6.12. The maximum Gasteiger partial charge on any atom is 0.0468 e. The van der Waals surface area contributed by atoms with Crippen LogP contribution in [0, 0.1) is 41.5 Å². The SMILES string of the molecule is Cc1cc(N(c2cc(C)c(C)c(C)c2)c2ccc3cc4c(cc3c2)-c2cc3ccccc3cc2-4)cc(C)c1C. The van der Waals surface area contributed by atoms with Crippen LogP contribution in [0.1, 0.15) is 33.4 Å². The molecule has 0 fully saturated rings. The number of fused-ring (bicyclic) bond motifs is 6. The van der Waals surface area contributed by atoms with Crippen molar-refractivity contribution in [2.45, 2.75) is 41.5 Å². The third kappa shape index (κ3) is 3.68. The second kappa shape index (κ2) is 8.58. The van der Waals surface area contributed by atoms with E-state index in [4.69, 9.17) is 0 Å². The van der Waals surface area contributed by atoms with Crippen LogP contribution in [-0.4, -0.2) is 0 Å². The van der Waals surface area contributed by atoms with Crippen molar-refractivity contribution in [1.29, 1.82) is 0 Å². The Hall–Kier alpha value is -4.36. The predicted octanol–water partition coefficient (Wildman–Crippen LogP) is 11.0. The molecule has 6 aromatic rings. The van der Waals surface area contributed by atoms with Crippen molar-refractivity contribution in [3.05, 3.63) is 124 Å². The average molecular weight is 504 g/mol. The van der Waals surface area contributed by atoms with Gasteiger partial charge in [0.1, 0.15) is 0 Å². The highest BCUT2D eigenvalue weighted by Crippen LogP contribution is 2.50. The Bertz CT molecular complexity index is 1870. The van der Waals surface area contributed by atoms with Crippen molar-refractivity contribution in [2.24, 2.45) is 0 Å². The van der Waals surface area contributed by atoms with E-state index in [1.165, 1.54) is 94.2 Å². The van der Waals surface area contributed by atoms with Crippen LogP contribution in [0.15, 0.2) is 91.0 Å². The van der Waals surface area contributed by atoms with Gasteiger partial charge in [-0.05, 0) is 179 Å². The minimum absolute atomic E-state index is 1.19. The van der Waals surface area contributed by atoms with E-state index in [1.807, 2.05) is 0 Å². The fourth-order valence-electron chi connectivity index (χ4n) is 6.22. The fourth-order valence-corrected chi connectivity index (χ4v) is 6.22. The van der Waals surface area contributed by atoms with Crippen LogP contribution in [-0.2, 0) is 0 Å². The Morgan fingerprint density at radius 1 is 0.359 bits per heavy atom. The third-order valence-corrected chi connectivity index (χ3v) is 9.02. The molecule has 0 bridgehead atoms. The number of benzene rings is 6. The normalized spacial score (nSPS) is 11.8. The minimum Gasteiger partial charge on any atom is -0.310 e. The Morgan fingerprint density at radius 3 is 1.18 bits per heavy atom. The van der Waals surface area contributed by atoms with Crippen LogP contribution in [0.25, 0.3) is 43.8 Å². The molecule has 1 aliphatic carbocycles. The molecular formula is C38H33N. The van der Waals surface area contributed by atoms with E-state index < -0.39 is 0 Å². The van der Waals surface area contributed by atoms with E-state index in [0.29, 0.717) is 0 Å². The topological polar surface area (TPSA) is 3.24 Å². The van der Waals surface area contributed by atoms with E-state index in [9.17, 15) is 0 Å². The van der Waals surface area contributed by atoms with Gasteiger partial charge in [-0.25, -0.2) is 0 Å². The van der Waals surface area contributed by atoms with Gasteiger partial charge in [0.15, 0.2) is 0 Å². The van der Waals surface area contributed by atoms with Crippen LogP contribution in [0.2, 0.25) is 0 Å². The summed E-state index contributed by atoms with van der Waals surface area (Å²) < 4.78 is 0. The summed E-state index contributed by atoms with van der Waals surface area (Å²) in [5.74, 6) is 0. The maximum absolute atomic E-state index is 2.43. The number of hydrogen-bond donors (Lipinski definition) is 0. The Balaban J connectivity index is 1.41. The van der Waals surface area contributed by atoms with Gasteiger partial charge in [-0.3, -0.25) is 0 Å². The van der Waals surface area contributed by atoms with Crippen LogP contribution >= 0.6 is 0 Å². The van der Waals surface area contributed by atoms with E-state index in [0.717, 1.165) is 0 Å². The second-order valence-electron chi connectivity index (χ2n) is 11.4. The molecule has 1 nitrogen and oxygen atoms in total. The molecule has 0 saturated carbocycles. The Kier molecular flexibility index (Phi) is 5.22. The molecule has 0 heterocycles. The van der Waals surface area contributed by atoms with E-state index in [1.54, 1.807) is 0 Å². The Labute approximate surface area is 231 Å². The van der Waals surface area contributed by atoms with Crippen molar-refractivity contribution in [3.8, 4) is 22.3 Å². The molecule has 0 atom stereocenters. The van der Waals surface area contributed by atoms with Gasteiger partial charge in [-0.2, -0.15) is 0 Å². The summed E-state index contributed by atoms with van der Waals surface area (Å²) in [6, 6.07) is 34.4. The molecule has 0 saturated heterocycles. The van der Waals surface area contributed by atoms with Crippen LogP contribution < -0.4 is 4.90 Å². The quantitative estimate of drug-likeness (QED) is 0.232. The lowest BCUT2D eigenvalue weighted by atomic mass is 9.78. The van der Waals surface area contributed by atoms with Gasteiger partial charge in [0.2, 0.25) is 0 Å². The molecule has 6 aromatic carbocycles. The van der Waals surface area contributed by atoms with Gasteiger partial charge in [-0.15, -0.1) is 0 Å². The predicted molar refractivity (Wildman–Crippen MR) is 169 cm³/mol. The zero-order valence-electron chi connectivity index (χ0n) is 23.6. The van der Waals surface area contributed by atoms with Crippen LogP contribution in [0.3, 0.4) is 0 Å². The summed E-state index contributed by atoms with van der Waals surface area (Å²) in [4.78, 5) is 2.43. The number of aryl methyl sites for hydroxylation is 4. The molecule has 0 spiro atoms. The molecule has 0 unspecified atom stereocenters. The van der Waals surface area contributed by atoms with Crippen LogP contribution in [0.5, 0.6) is 0 Å². The molecule has 0 aromatic heterocycles. The first-order chi connectivity index (χ1) is 18.8. The summed E-state index contributed by atoms with van der Waals surface area (Å²) in [6.45, 7) is 13.3. The highest BCUT2D eigenvalue weighted by atomic mass is 15.1. The second-order valence-corrected chi connectivity index (χ2v) is 11.4. The lowest BCUT2D eigenvalue weighted by Gasteiger charge is -2.29. The van der Waals surface area contributed by atoms with Crippen molar-refractivity contribution >= 4 is 38.6 Å². The largest absolute Gasteiger partial charge is 0.310 e. The fraction of sp³-hybridized carbons (Fsp3) is 0.158. The summed E-state index contributed by atoms with van der Waals surface area (Å²) in [5.41, 5.74) is 17.1. The first-order valence-electron chi connectivity index (χ1n) is 13.9. The zero-order chi connectivity index (χ0) is 27.0. The standard InChI is InChI=1S/C38H33N/c1-22-13-33(14-23(2)26(22)5)39(34-15-24(3)27(6)25(4)16-34)32-12-11-30-20-37-35-18-28-9-7-8-10-29(28)19-36(35)38(37)21-31(30)17-32/h7-21H,1-6H3. The Morgan fingerprint density at radius 2 is 0.744 bits per heavy atom. The molecule has 39 heavy (non-hydrogen) atoms. The molecule has 1 heteroatoms. The molecule has 1 aliphatic rings. The number of rotatable bonds is 3. The molecule has 0 aliphatic heterocycles. The third-order valence-electron chi connectivity index (χ3n) is 9.02. The van der Waals surface area contributed by atoms with E-state index in [-0.39, 0.29) is 0 Å². The van der Waals surface area contributed by atoms with E-state index >= 15 is 0 Å². The molecule has 0 N–H and O–H groups in total. The lowest BCUT2D eigenvalue weighted by Crippen LogP contribution is -2.12. The first kappa shape index (κ1) is 23.7. The van der Waals surface area contributed by atoms with Crippen molar-refractivity contribution in [1.82, 2.24) is 0 Å². The lowest BCUT2D eigenvalue weighted by molar-refractivity contribution is 1.19. The summed E-state index contributed by atoms with van der Waals surface area (Å²) in [7, 11) is 0. The summed E-state index contributed by atoms with van der Waals surface area (Å²) in [6.07, 6.45) is 0. The number of hydrogen-bond acceptors (Lipinski definition) is 1. The first-order valence-corrected chi connectivity index (χ1v) is 13.9. The molecule has 0 amide bonds. The minimum atomic E-state index is 1.19. The average Bonchev–Trinajstić information content (AvgIpc) is 2.93. The monoisotopic (exact) mass is 503 g/mol. The molecule has 7 rings (SSSR count). The van der Waals surface area contributed by atoms with Crippen molar-refractivity contribution in [2.75, 3.05) is 4.90 Å². The van der Waals surface area contributed by atoms with Gasteiger partial charge in [0.05, 0.1) is 0 Å². The molecule has 190 valence electrons. The number of anilines is 3. The zero-order valence-corrected chi connectivity index (χ0v) is 23.6. The van der Waals surface area contributed by atoms with Gasteiger partial charge in [0.25, 0.3) is 0 Å². The highest BCUT2D eigenvalue weighted by Gasteiger charge is 2.24. The molecule has 0 radical (unpaired) electrons. The van der Waals surface area contributed by atoms with Crippen molar-refractivity contribution < 1.29 is 0 Å².